The van der Waals surface area contributed by atoms with Crippen LogP contribution in [-0.4, -0.2) is 71.2 Å². The summed E-state index contributed by atoms with van der Waals surface area (Å²) in [7, 11) is 0. The fourth-order valence-electron chi connectivity index (χ4n) is 5.46. The number of piperidine rings is 1. The molecule has 4 amide bonds. The van der Waals surface area contributed by atoms with Gasteiger partial charge in [0.1, 0.15) is 15.8 Å². The number of carbonyl (C=O) groups is 3. The number of anilines is 3. The molecule has 0 saturated carbocycles. The fourth-order valence-corrected chi connectivity index (χ4v) is 6.48. The number of aryl methyl sites for hydroxylation is 1. The molecule has 3 aromatic heterocycles. The highest BCUT2D eigenvalue weighted by atomic mass is 32.1. The average molecular weight is 563 g/mol. The van der Waals surface area contributed by atoms with Crippen LogP contribution in [0.2, 0.25) is 0 Å². The van der Waals surface area contributed by atoms with Gasteiger partial charge in [-0.1, -0.05) is 6.58 Å². The van der Waals surface area contributed by atoms with Gasteiger partial charge < -0.3 is 25.0 Å². The minimum absolute atomic E-state index is 0.0571. The monoisotopic (exact) mass is 562 g/mol. The van der Waals surface area contributed by atoms with Crippen molar-refractivity contribution in [1.29, 1.82) is 0 Å². The lowest BCUT2D eigenvalue weighted by Crippen LogP contribution is -2.49. The SMILES string of the molecule is C=CC(=O)N1CCC[C@@H](NC(=O)c2sc3nccc4c3c2NC(=O)N4c2ccc(OC3CCOCC3)nc2C)C1. The molecule has 6 rings (SSSR count). The standard InChI is InChI=1S/C28H30N6O5S/c1-3-22(35)33-12-4-5-17(15-33)31-26(36)25-24-23-20(8-11-29-27(23)40-25)34(28(37)32-24)19-6-7-21(30-16(19)2)39-18-9-13-38-14-10-18/h3,6-8,11,17-18H,1,4-5,9-10,12-15H2,2H3,(H,31,36)(H,32,37)/t17-/m1/s1. The number of urea groups is 1. The molecule has 0 bridgehead atoms. The highest BCUT2D eigenvalue weighted by molar-refractivity contribution is 7.21. The van der Waals surface area contributed by atoms with E-state index in [0.29, 0.717) is 70.0 Å². The van der Waals surface area contributed by atoms with E-state index in [2.05, 4.69) is 27.2 Å². The van der Waals surface area contributed by atoms with Gasteiger partial charge in [0.2, 0.25) is 11.8 Å². The quantitative estimate of drug-likeness (QED) is 0.432. The van der Waals surface area contributed by atoms with Crippen LogP contribution < -0.4 is 20.3 Å². The summed E-state index contributed by atoms with van der Waals surface area (Å²) >= 11 is 1.23. The zero-order chi connectivity index (χ0) is 27.8. The first-order chi connectivity index (χ1) is 19.4. The highest BCUT2D eigenvalue weighted by Crippen LogP contribution is 2.46. The summed E-state index contributed by atoms with van der Waals surface area (Å²) in [5.74, 6) is 0.0600. The number of carbonyl (C=O) groups excluding carboxylic acids is 3. The summed E-state index contributed by atoms with van der Waals surface area (Å²) in [4.78, 5) is 52.4. The number of amides is 4. The second-order valence-electron chi connectivity index (χ2n) is 10.1. The third-order valence-electron chi connectivity index (χ3n) is 7.42. The van der Waals surface area contributed by atoms with Crippen LogP contribution in [0.25, 0.3) is 10.2 Å². The number of rotatable bonds is 6. The van der Waals surface area contributed by atoms with E-state index in [1.54, 1.807) is 28.1 Å². The van der Waals surface area contributed by atoms with Gasteiger partial charge in [0, 0.05) is 44.2 Å². The van der Waals surface area contributed by atoms with Crippen molar-refractivity contribution in [3.63, 3.8) is 0 Å². The molecule has 2 saturated heterocycles. The second kappa shape index (κ2) is 10.9. The number of hydrogen-bond donors (Lipinski definition) is 2. The normalized spacial score (nSPS) is 19.3. The first-order valence-electron chi connectivity index (χ1n) is 13.4. The molecule has 2 fully saturated rings. The van der Waals surface area contributed by atoms with E-state index in [1.165, 1.54) is 17.4 Å². The lowest BCUT2D eigenvalue weighted by atomic mass is 10.1. The Balaban J connectivity index is 1.27. The fraction of sp³-hybridized carbons (Fsp3) is 0.393. The molecule has 0 aliphatic carbocycles. The molecule has 1 atom stereocenters. The Labute approximate surface area is 235 Å². The van der Waals surface area contributed by atoms with E-state index >= 15 is 0 Å². The number of aromatic nitrogens is 2. The van der Waals surface area contributed by atoms with Crippen LogP contribution in [0.5, 0.6) is 5.88 Å². The number of thiophene rings is 1. The number of pyridine rings is 2. The van der Waals surface area contributed by atoms with Gasteiger partial charge in [0.25, 0.3) is 5.91 Å². The molecular weight excluding hydrogens is 532 g/mol. The number of nitrogens with zero attached hydrogens (tertiary/aromatic N) is 4. The van der Waals surface area contributed by atoms with E-state index in [4.69, 9.17) is 9.47 Å². The van der Waals surface area contributed by atoms with Crippen LogP contribution in [0, 0.1) is 6.92 Å². The van der Waals surface area contributed by atoms with Crippen molar-refractivity contribution in [2.45, 2.75) is 44.8 Å². The van der Waals surface area contributed by atoms with E-state index in [9.17, 15) is 14.4 Å². The van der Waals surface area contributed by atoms with Crippen LogP contribution >= 0.6 is 11.3 Å². The molecule has 0 radical (unpaired) electrons. The van der Waals surface area contributed by atoms with Gasteiger partial charge in [-0.25, -0.2) is 14.8 Å². The van der Waals surface area contributed by atoms with Gasteiger partial charge in [0.15, 0.2) is 0 Å². The molecule has 0 unspecified atom stereocenters. The maximum atomic E-state index is 13.5. The Morgan fingerprint density at radius 2 is 2.05 bits per heavy atom. The lowest BCUT2D eigenvalue weighted by molar-refractivity contribution is -0.127. The minimum Gasteiger partial charge on any atom is -0.474 e. The Hall–Kier alpha value is -4.03. The Bertz CT molecular complexity index is 1500. The molecule has 3 aromatic rings. The van der Waals surface area contributed by atoms with Crippen molar-refractivity contribution in [3.8, 4) is 5.88 Å². The number of hydrogen-bond acceptors (Lipinski definition) is 8. The maximum absolute atomic E-state index is 13.5. The number of nitrogens with one attached hydrogen (secondary N) is 2. The summed E-state index contributed by atoms with van der Waals surface area (Å²) in [5.41, 5.74) is 2.32. The Morgan fingerprint density at radius 1 is 1.23 bits per heavy atom. The summed E-state index contributed by atoms with van der Waals surface area (Å²) in [5, 5.41) is 6.68. The first-order valence-corrected chi connectivity index (χ1v) is 14.2. The van der Waals surface area contributed by atoms with Gasteiger partial charge in [-0.15, -0.1) is 11.3 Å². The van der Waals surface area contributed by atoms with Crippen LogP contribution in [0.3, 0.4) is 0 Å². The average Bonchev–Trinajstić information content (AvgIpc) is 3.33. The molecule has 12 heteroatoms. The summed E-state index contributed by atoms with van der Waals surface area (Å²) in [6.45, 7) is 7.80. The predicted molar refractivity (Wildman–Crippen MR) is 151 cm³/mol. The number of ether oxygens (including phenoxy) is 2. The van der Waals surface area contributed by atoms with Crippen molar-refractivity contribution in [2.75, 3.05) is 36.5 Å². The maximum Gasteiger partial charge on any atom is 0.331 e. The van der Waals surface area contributed by atoms with Crippen molar-refractivity contribution >= 4 is 56.5 Å². The number of likely N-dealkylation sites (tertiary alicyclic amines) is 1. The molecule has 3 aliphatic rings. The van der Waals surface area contributed by atoms with Crippen molar-refractivity contribution in [2.24, 2.45) is 0 Å². The van der Waals surface area contributed by atoms with E-state index in [0.717, 1.165) is 25.7 Å². The molecular formula is C28H30N6O5S. The largest absolute Gasteiger partial charge is 0.474 e. The van der Waals surface area contributed by atoms with E-state index < -0.39 is 6.03 Å². The van der Waals surface area contributed by atoms with Crippen LogP contribution in [0.15, 0.2) is 37.1 Å². The molecule has 6 heterocycles. The molecule has 11 nitrogen and oxygen atoms in total. The topological polar surface area (TPSA) is 126 Å². The van der Waals surface area contributed by atoms with Gasteiger partial charge in [0.05, 0.1) is 41.4 Å². The van der Waals surface area contributed by atoms with Crippen molar-refractivity contribution in [1.82, 2.24) is 20.2 Å². The third kappa shape index (κ3) is 4.88. The zero-order valence-corrected chi connectivity index (χ0v) is 23.0. The molecule has 0 aromatic carbocycles. The van der Waals surface area contributed by atoms with Gasteiger partial charge in [-0.2, -0.15) is 0 Å². The predicted octanol–water partition coefficient (Wildman–Crippen LogP) is 4.15. The van der Waals surface area contributed by atoms with Gasteiger partial charge >= 0.3 is 6.03 Å². The van der Waals surface area contributed by atoms with Gasteiger partial charge in [-0.05, 0) is 38.0 Å². The second-order valence-corrected chi connectivity index (χ2v) is 11.1. The van der Waals surface area contributed by atoms with Crippen LogP contribution in [0.1, 0.15) is 41.0 Å². The Kier molecular flexibility index (Phi) is 7.11. The van der Waals surface area contributed by atoms with Crippen molar-refractivity contribution in [3.05, 3.63) is 47.6 Å². The minimum atomic E-state index is -0.393. The molecule has 40 heavy (non-hydrogen) atoms. The smallest absolute Gasteiger partial charge is 0.331 e. The Morgan fingerprint density at radius 3 is 2.83 bits per heavy atom. The summed E-state index contributed by atoms with van der Waals surface area (Å²) < 4.78 is 11.4. The van der Waals surface area contributed by atoms with Crippen LogP contribution in [-0.2, 0) is 9.53 Å². The first kappa shape index (κ1) is 26.2. The van der Waals surface area contributed by atoms with E-state index in [1.807, 2.05) is 13.0 Å². The summed E-state index contributed by atoms with van der Waals surface area (Å²) in [6.07, 6.45) is 6.16. The lowest BCUT2D eigenvalue weighted by Gasteiger charge is -2.32. The summed E-state index contributed by atoms with van der Waals surface area (Å²) in [6, 6.07) is 4.78. The molecule has 208 valence electrons. The van der Waals surface area contributed by atoms with Crippen LogP contribution in [0.4, 0.5) is 21.9 Å². The third-order valence-corrected chi connectivity index (χ3v) is 8.52. The molecule has 2 N–H and O–H groups in total. The van der Waals surface area contributed by atoms with Crippen molar-refractivity contribution < 1.29 is 23.9 Å². The van der Waals surface area contributed by atoms with E-state index in [-0.39, 0.29) is 24.0 Å². The van der Waals surface area contributed by atoms with Gasteiger partial charge in [-0.3, -0.25) is 14.5 Å². The molecule has 0 spiro atoms. The highest BCUT2D eigenvalue weighted by Gasteiger charge is 2.34. The zero-order valence-electron chi connectivity index (χ0n) is 22.1. The molecule has 3 aliphatic heterocycles.